The van der Waals surface area contributed by atoms with Gasteiger partial charge in [0.25, 0.3) is 0 Å². The summed E-state index contributed by atoms with van der Waals surface area (Å²) in [5.41, 5.74) is 5.95. The molecule has 0 aromatic rings. The summed E-state index contributed by atoms with van der Waals surface area (Å²) in [6.45, 7) is 1.90. The molecular weight excluding hydrogens is 166 g/mol. The lowest BCUT2D eigenvalue weighted by Gasteiger charge is -2.24. The SMILES string of the molecule is CCC(C(=O)O)C(N)C1CCCC1. The van der Waals surface area contributed by atoms with E-state index in [2.05, 4.69) is 0 Å². The van der Waals surface area contributed by atoms with E-state index in [0.717, 1.165) is 12.8 Å². The first-order valence-corrected chi connectivity index (χ1v) is 5.15. The van der Waals surface area contributed by atoms with Crippen molar-refractivity contribution in [3.05, 3.63) is 0 Å². The van der Waals surface area contributed by atoms with Crippen LogP contribution in [0.1, 0.15) is 39.0 Å². The zero-order valence-corrected chi connectivity index (χ0v) is 8.20. The lowest BCUT2D eigenvalue weighted by Crippen LogP contribution is -2.40. The lowest BCUT2D eigenvalue weighted by molar-refractivity contribution is -0.143. The quantitative estimate of drug-likeness (QED) is 0.699. The van der Waals surface area contributed by atoms with Gasteiger partial charge < -0.3 is 10.8 Å². The summed E-state index contributed by atoms with van der Waals surface area (Å²) in [4.78, 5) is 10.8. The van der Waals surface area contributed by atoms with Gasteiger partial charge in [0.05, 0.1) is 5.92 Å². The van der Waals surface area contributed by atoms with E-state index in [1.165, 1.54) is 12.8 Å². The molecule has 1 aliphatic rings. The van der Waals surface area contributed by atoms with E-state index in [0.29, 0.717) is 12.3 Å². The summed E-state index contributed by atoms with van der Waals surface area (Å²) in [6, 6.07) is -0.134. The third-order valence-corrected chi connectivity index (χ3v) is 3.17. The van der Waals surface area contributed by atoms with E-state index in [-0.39, 0.29) is 12.0 Å². The number of rotatable bonds is 4. The van der Waals surface area contributed by atoms with Crippen molar-refractivity contribution in [1.29, 1.82) is 0 Å². The highest BCUT2D eigenvalue weighted by Gasteiger charge is 2.31. The highest BCUT2D eigenvalue weighted by Crippen LogP contribution is 2.30. The van der Waals surface area contributed by atoms with Crippen molar-refractivity contribution in [3.8, 4) is 0 Å². The molecule has 2 unspecified atom stereocenters. The van der Waals surface area contributed by atoms with Crippen molar-refractivity contribution in [3.63, 3.8) is 0 Å². The summed E-state index contributed by atoms with van der Waals surface area (Å²) in [6.07, 6.45) is 5.31. The second kappa shape index (κ2) is 4.61. The number of carboxylic acid groups (broad SMARTS) is 1. The van der Waals surface area contributed by atoms with Gasteiger partial charge in [0.2, 0.25) is 0 Å². The van der Waals surface area contributed by atoms with Gasteiger partial charge in [0.15, 0.2) is 0 Å². The Morgan fingerprint density at radius 3 is 2.46 bits per heavy atom. The van der Waals surface area contributed by atoms with E-state index >= 15 is 0 Å². The molecule has 1 fully saturated rings. The maximum absolute atomic E-state index is 10.8. The topological polar surface area (TPSA) is 63.3 Å². The van der Waals surface area contributed by atoms with Crippen molar-refractivity contribution in [2.45, 2.75) is 45.1 Å². The van der Waals surface area contributed by atoms with Crippen LogP contribution < -0.4 is 5.73 Å². The first kappa shape index (κ1) is 10.5. The molecule has 1 aliphatic carbocycles. The Morgan fingerprint density at radius 2 is 2.08 bits per heavy atom. The molecule has 3 N–H and O–H groups in total. The van der Waals surface area contributed by atoms with Crippen molar-refractivity contribution >= 4 is 5.97 Å². The molecule has 0 spiro atoms. The molecule has 13 heavy (non-hydrogen) atoms. The lowest BCUT2D eigenvalue weighted by atomic mass is 9.86. The molecule has 0 aliphatic heterocycles. The number of hydrogen-bond donors (Lipinski definition) is 2. The number of carboxylic acids is 1. The number of aliphatic carboxylic acids is 1. The second-order valence-electron chi connectivity index (χ2n) is 3.97. The highest BCUT2D eigenvalue weighted by molar-refractivity contribution is 5.70. The molecule has 0 bridgehead atoms. The molecule has 0 aromatic heterocycles. The molecule has 76 valence electrons. The van der Waals surface area contributed by atoms with Gasteiger partial charge in [-0.3, -0.25) is 4.79 Å². The second-order valence-corrected chi connectivity index (χ2v) is 3.97. The largest absolute Gasteiger partial charge is 0.481 e. The molecule has 0 amide bonds. The van der Waals surface area contributed by atoms with Crippen LogP contribution in [0.2, 0.25) is 0 Å². The van der Waals surface area contributed by atoms with E-state index < -0.39 is 5.97 Å². The first-order valence-electron chi connectivity index (χ1n) is 5.15. The molecule has 1 saturated carbocycles. The van der Waals surface area contributed by atoms with Crippen molar-refractivity contribution in [2.75, 3.05) is 0 Å². The Hall–Kier alpha value is -0.570. The van der Waals surface area contributed by atoms with Crippen molar-refractivity contribution < 1.29 is 9.90 Å². The van der Waals surface area contributed by atoms with Crippen LogP contribution in [0.15, 0.2) is 0 Å². The highest BCUT2D eigenvalue weighted by atomic mass is 16.4. The van der Waals surface area contributed by atoms with Gasteiger partial charge in [0.1, 0.15) is 0 Å². The molecule has 0 heterocycles. The normalized spacial score (nSPS) is 22.9. The monoisotopic (exact) mass is 185 g/mol. The molecule has 2 atom stereocenters. The first-order chi connectivity index (χ1) is 6.16. The van der Waals surface area contributed by atoms with Gasteiger partial charge in [-0.1, -0.05) is 19.8 Å². The zero-order valence-electron chi connectivity index (χ0n) is 8.20. The maximum Gasteiger partial charge on any atom is 0.308 e. The third kappa shape index (κ3) is 2.44. The van der Waals surface area contributed by atoms with E-state index in [1.807, 2.05) is 6.92 Å². The fraction of sp³-hybridized carbons (Fsp3) is 0.900. The molecule has 1 rings (SSSR count). The van der Waals surface area contributed by atoms with Crippen LogP contribution in [0.3, 0.4) is 0 Å². The minimum absolute atomic E-state index is 0.134. The van der Waals surface area contributed by atoms with Gasteiger partial charge in [-0.25, -0.2) is 0 Å². The zero-order chi connectivity index (χ0) is 9.84. The maximum atomic E-state index is 10.8. The van der Waals surface area contributed by atoms with E-state index in [4.69, 9.17) is 10.8 Å². The summed E-state index contributed by atoms with van der Waals surface area (Å²) >= 11 is 0. The Kier molecular flexibility index (Phi) is 3.72. The number of carbonyl (C=O) groups is 1. The van der Waals surface area contributed by atoms with E-state index in [1.54, 1.807) is 0 Å². The van der Waals surface area contributed by atoms with Crippen LogP contribution in [0, 0.1) is 11.8 Å². The molecule has 3 heteroatoms. The van der Waals surface area contributed by atoms with Crippen LogP contribution in [0.5, 0.6) is 0 Å². The Bertz CT molecular complexity index is 176. The predicted molar refractivity (Wildman–Crippen MR) is 51.4 cm³/mol. The Labute approximate surface area is 79.3 Å². The molecule has 0 saturated heterocycles. The van der Waals surface area contributed by atoms with Gasteiger partial charge in [-0.05, 0) is 25.2 Å². The minimum Gasteiger partial charge on any atom is -0.481 e. The minimum atomic E-state index is -0.734. The standard InChI is InChI=1S/C10H19NO2/c1-2-8(10(12)13)9(11)7-5-3-4-6-7/h7-9H,2-6,11H2,1H3,(H,12,13). The predicted octanol–water partition coefficient (Wildman–Crippen LogP) is 1.61. The Morgan fingerprint density at radius 1 is 1.54 bits per heavy atom. The smallest absolute Gasteiger partial charge is 0.308 e. The Balaban J connectivity index is 2.51. The van der Waals surface area contributed by atoms with Crippen molar-refractivity contribution in [2.24, 2.45) is 17.6 Å². The van der Waals surface area contributed by atoms with Gasteiger partial charge in [-0.15, -0.1) is 0 Å². The van der Waals surface area contributed by atoms with Gasteiger partial charge in [-0.2, -0.15) is 0 Å². The molecule has 0 radical (unpaired) electrons. The van der Waals surface area contributed by atoms with Crippen LogP contribution in [-0.2, 0) is 4.79 Å². The average molecular weight is 185 g/mol. The van der Waals surface area contributed by atoms with E-state index in [9.17, 15) is 4.79 Å². The van der Waals surface area contributed by atoms with Gasteiger partial charge >= 0.3 is 5.97 Å². The summed E-state index contributed by atoms with van der Waals surface area (Å²) in [5.74, 6) is -0.633. The van der Waals surface area contributed by atoms with Crippen LogP contribution in [-0.4, -0.2) is 17.1 Å². The summed E-state index contributed by atoms with van der Waals surface area (Å²) in [5, 5.41) is 8.92. The van der Waals surface area contributed by atoms with Crippen molar-refractivity contribution in [1.82, 2.24) is 0 Å². The molecule has 0 aromatic carbocycles. The fourth-order valence-electron chi connectivity index (χ4n) is 2.28. The number of nitrogens with two attached hydrogens (primary N) is 1. The molecule has 3 nitrogen and oxygen atoms in total. The number of hydrogen-bond acceptors (Lipinski definition) is 2. The van der Waals surface area contributed by atoms with Crippen LogP contribution in [0.25, 0.3) is 0 Å². The molecular formula is C10H19NO2. The third-order valence-electron chi connectivity index (χ3n) is 3.17. The summed E-state index contributed by atoms with van der Waals surface area (Å²) in [7, 11) is 0. The van der Waals surface area contributed by atoms with Crippen LogP contribution in [0.4, 0.5) is 0 Å². The summed E-state index contributed by atoms with van der Waals surface area (Å²) < 4.78 is 0. The van der Waals surface area contributed by atoms with Crippen LogP contribution >= 0.6 is 0 Å². The van der Waals surface area contributed by atoms with Gasteiger partial charge in [0, 0.05) is 6.04 Å². The average Bonchev–Trinajstić information content (AvgIpc) is 2.56. The fourth-order valence-corrected chi connectivity index (χ4v) is 2.28.